The molecule has 0 aliphatic carbocycles. The molecular formula is C17H13N3O4. The largest absolute Gasteiger partial charge is 0.452 e. The summed E-state index contributed by atoms with van der Waals surface area (Å²) in [5, 5.41) is 3.84. The van der Waals surface area contributed by atoms with Crippen molar-refractivity contribution in [1.29, 1.82) is 0 Å². The Balaban J connectivity index is 1.62. The van der Waals surface area contributed by atoms with Crippen LogP contribution in [0.3, 0.4) is 0 Å². The predicted molar refractivity (Wildman–Crippen MR) is 83.8 cm³/mol. The number of carbonyl (C=O) groups excluding carboxylic acids is 2. The Bertz CT molecular complexity index is 857. The monoisotopic (exact) mass is 323 g/mol. The minimum absolute atomic E-state index is 0.143. The number of hydrogen-bond donors (Lipinski definition) is 1. The van der Waals surface area contributed by atoms with Crippen LogP contribution in [0.4, 0.5) is 0 Å². The molecule has 0 bridgehead atoms. The number of primary amides is 1. The molecule has 120 valence electrons. The molecule has 1 heterocycles. The van der Waals surface area contributed by atoms with Crippen molar-refractivity contribution in [2.45, 2.75) is 6.61 Å². The minimum atomic E-state index is -0.564. The Hall–Kier alpha value is -3.48. The van der Waals surface area contributed by atoms with Crippen LogP contribution >= 0.6 is 0 Å². The highest BCUT2D eigenvalue weighted by molar-refractivity contribution is 5.95. The molecule has 0 aliphatic heterocycles. The maximum absolute atomic E-state index is 11.9. The van der Waals surface area contributed by atoms with Gasteiger partial charge in [0, 0.05) is 11.1 Å². The van der Waals surface area contributed by atoms with Gasteiger partial charge in [-0.05, 0) is 24.3 Å². The van der Waals surface area contributed by atoms with Crippen molar-refractivity contribution < 1.29 is 18.8 Å². The average Bonchev–Trinajstić information content (AvgIpc) is 3.09. The molecule has 7 nitrogen and oxygen atoms in total. The number of carbonyl (C=O) groups is 2. The molecule has 0 saturated heterocycles. The van der Waals surface area contributed by atoms with Gasteiger partial charge in [-0.3, -0.25) is 4.79 Å². The molecule has 24 heavy (non-hydrogen) atoms. The van der Waals surface area contributed by atoms with Crippen molar-refractivity contribution in [3.05, 3.63) is 71.6 Å². The van der Waals surface area contributed by atoms with Crippen molar-refractivity contribution in [3.63, 3.8) is 0 Å². The van der Waals surface area contributed by atoms with Gasteiger partial charge in [0.2, 0.25) is 11.7 Å². The summed E-state index contributed by atoms with van der Waals surface area (Å²) in [5.41, 5.74) is 6.56. The molecular weight excluding hydrogens is 310 g/mol. The fourth-order valence-corrected chi connectivity index (χ4v) is 2.00. The number of hydrogen-bond acceptors (Lipinski definition) is 6. The summed E-state index contributed by atoms with van der Waals surface area (Å²) in [4.78, 5) is 27.1. The first-order valence-corrected chi connectivity index (χ1v) is 7.08. The van der Waals surface area contributed by atoms with E-state index in [1.54, 1.807) is 0 Å². The molecule has 0 aliphatic rings. The number of amides is 1. The van der Waals surface area contributed by atoms with Crippen LogP contribution < -0.4 is 5.73 Å². The maximum atomic E-state index is 11.9. The normalized spacial score (nSPS) is 10.3. The minimum Gasteiger partial charge on any atom is -0.452 e. The summed E-state index contributed by atoms with van der Waals surface area (Å²) >= 11 is 0. The third-order valence-electron chi connectivity index (χ3n) is 3.23. The molecule has 0 fully saturated rings. The highest BCUT2D eigenvalue weighted by atomic mass is 16.6. The number of esters is 1. The van der Waals surface area contributed by atoms with E-state index in [4.69, 9.17) is 15.0 Å². The first-order chi connectivity index (χ1) is 11.6. The molecule has 0 atom stereocenters. The van der Waals surface area contributed by atoms with Crippen molar-refractivity contribution in [1.82, 2.24) is 10.1 Å². The molecule has 0 radical (unpaired) electrons. The van der Waals surface area contributed by atoms with Crippen LogP contribution in [0, 0.1) is 0 Å². The molecule has 1 aromatic heterocycles. The van der Waals surface area contributed by atoms with Crippen LogP contribution in [-0.4, -0.2) is 22.0 Å². The van der Waals surface area contributed by atoms with Gasteiger partial charge in [-0.25, -0.2) is 4.79 Å². The third-order valence-corrected chi connectivity index (χ3v) is 3.23. The lowest BCUT2D eigenvalue weighted by Gasteiger charge is -2.02. The second-order valence-electron chi connectivity index (χ2n) is 4.90. The standard InChI is InChI=1S/C17H13N3O4/c18-15(21)11-6-8-13(9-7-11)17(22)23-10-14-19-16(20-24-14)12-4-2-1-3-5-12/h1-9H,10H2,(H2,18,21). The van der Waals surface area contributed by atoms with Gasteiger partial charge in [-0.1, -0.05) is 35.5 Å². The van der Waals surface area contributed by atoms with Gasteiger partial charge in [0.05, 0.1) is 5.56 Å². The van der Waals surface area contributed by atoms with Gasteiger partial charge in [0.25, 0.3) is 5.89 Å². The second-order valence-corrected chi connectivity index (χ2v) is 4.90. The molecule has 0 unspecified atom stereocenters. The van der Waals surface area contributed by atoms with Crippen LogP contribution in [-0.2, 0) is 11.3 Å². The highest BCUT2D eigenvalue weighted by Gasteiger charge is 2.13. The van der Waals surface area contributed by atoms with Crippen LogP contribution in [0.15, 0.2) is 59.1 Å². The van der Waals surface area contributed by atoms with Crippen molar-refractivity contribution in [2.24, 2.45) is 5.73 Å². The molecule has 1 amide bonds. The Labute approximate surface area is 137 Å². The van der Waals surface area contributed by atoms with Crippen molar-refractivity contribution in [3.8, 4) is 11.4 Å². The van der Waals surface area contributed by atoms with Gasteiger partial charge < -0.3 is 15.0 Å². The lowest BCUT2D eigenvalue weighted by molar-refractivity contribution is 0.0429. The zero-order chi connectivity index (χ0) is 16.9. The lowest BCUT2D eigenvalue weighted by atomic mass is 10.1. The summed E-state index contributed by atoms with van der Waals surface area (Å²) in [7, 11) is 0. The van der Waals surface area contributed by atoms with E-state index in [1.165, 1.54) is 24.3 Å². The Morgan fingerprint density at radius 2 is 1.67 bits per heavy atom. The van der Waals surface area contributed by atoms with Crippen molar-refractivity contribution in [2.75, 3.05) is 0 Å². The van der Waals surface area contributed by atoms with Crippen LogP contribution in [0.25, 0.3) is 11.4 Å². The lowest BCUT2D eigenvalue weighted by Crippen LogP contribution is -2.11. The number of benzene rings is 2. The number of rotatable bonds is 5. The predicted octanol–water partition coefficient (Wildman–Crippen LogP) is 2.19. The maximum Gasteiger partial charge on any atom is 0.338 e. The zero-order valence-corrected chi connectivity index (χ0v) is 12.5. The van der Waals surface area contributed by atoms with E-state index in [-0.39, 0.29) is 12.5 Å². The fraction of sp³-hybridized carbons (Fsp3) is 0.0588. The van der Waals surface area contributed by atoms with Gasteiger partial charge in [-0.2, -0.15) is 4.98 Å². The van der Waals surface area contributed by atoms with E-state index in [9.17, 15) is 9.59 Å². The Morgan fingerprint density at radius 3 is 2.33 bits per heavy atom. The van der Waals surface area contributed by atoms with Gasteiger partial charge in [0.15, 0.2) is 6.61 Å². The van der Waals surface area contributed by atoms with Crippen molar-refractivity contribution >= 4 is 11.9 Å². The average molecular weight is 323 g/mol. The van der Waals surface area contributed by atoms with Gasteiger partial charge in [0.1, 0.15) is 0 Å². The fourth-order valence-electron chi connectivity index (χ4n) is 2.00. The second kappa shape index (κ2) is 6.74. The van der Waals surface area contributed by atoms with E-state index < -0.39 is 11.9 Å². The smallest absolute Gasteiger partial charge is 0.338 e. The van der Waals surface area contributed by atoms with E-state index in [0.29, 0.717) is 17.0 Å². The van der Waals surface area contributed by atoms with Gasteiger partial charge >= 0.3 is 5.97 Å². The topological polar surface area (TPSA) is 108 Å². The van der Waals surface area contributed by atoms with E-state index >= 15 is 0 Å². The first kappa shape index (κ1) is 15.4. The van der Waals surface area contributed by atoms with Crippen LogP contribution in [0.5, 0.6) is 0 Å². The molecule has 0 spiro atoms. The highest BCUT2D eigenvalue weighted by Crippen LogP contribution is 2.15. The Kier molecular flexibility index (Phi) is 4.33. The SMILES string of the molecule is NC(=O)c1ccc(C(=O)OCc2nc(-c3ccccc3)no2)cc1. The molecule has 0 saturated carbocycles. The molecule has 2 aromatic carbocycles. The summed E-state index contributed by atoms with van der Waals surface area (Å²) in [6.45, 7) is -0.143. The molecule has 7 heteroatoms. The number of nitrogens with two attached hydrogens (primary N) is 1. The number of aromatic nitrogens is 2. The summed E-state index contributed by atoms with van der Waals surface area (Å²) in [6, 6.07) is 15.1. The summed E-state index contributed by atoms with van der Waals surface area (Å²) < 4.78 is 10.2. The molecule has 3 aromatic rings. The zero-order valence-electron chi connectivity index (χ0n) is 12.5. The van der Waals surface area contributed by atoms with Crippen LogP contribution in [0.1, 0.15) is 26.6 Å². The Morgan fingerprint density at radius 1 is 1.00 bits per heavy atom. The molecule has 2 N–H and O–H groups in total. The van der Waals surface area contributed by atoms with Crippen LogP contribution in [0.2, 0.25) is 0 Å². The van der Waals surface area contributed by atoms with E-state index in [0.717, 1.165) is 5.56 Å². The number of ether oxygens (including phenoxy) is 1. The summed E-state index contributed by atoms with van der Waals surface area (Å²) in [5.74, 6) is -0.511. The van der Waals surface area contributed by atoms with E-state index in [2.05, 4.69) is 10.1 Å². The van der Waals surface area contributed by atoms with E-state index in [1.807, 2.05) is 30.3 Å². The summed E-state index contributed by atoms with van der Waals surface area (Å²) in [6.07, 6.45) is 0. The van der Waals surface area contributed by atoms with Gasteiger partial charge in [-0.15, -0.1) is 0 Å². The number of nitrogens with zero attached hydrogens (tertiary/aromatic N) is 2. The molecule has 3 rings (SSSR count). The first-order valence-electron chi connectivity index (χ1n) is 7.08. The quantitative estimate of drug-likeness (QED) is 0.721. The third kappa shape index (κ3) is 3.46.